The molecular weight excluding hydrogens is 324 g/mol. The van der Waals surface area contributed by atoms with Gasteiger partial charge in [0.05, 0.1) is 16.3 Å². The number of benzene rings is 1. The Hall–Kier alpha value is -1.77. The van der Waals surface area contributed by atoms with E-state index >= 15 is 0 Å². The minimum absolute atomic E-state index is 0.168. The Balaban J connectivity index is 1.78. The van der Waals surface area contributed by atoms with E-state index in [4.69, 9.17) is 5.11 Å². The largest absolute Gasteiger partial charge is 0.481 e. The molecule has 0 saturated heterocycles. The molecule has 2 N–H and O–H groups in total. The molecule has 1 aromatic carbocycles. The van der Waals surface area contributed by atoms with Gasteiger partial charge in [0.1, 0.15) is 0 Å². The number of hydrogen-bond donors (Lipinski definition) is 2. The molecule has 1 aromatic heterocycles. The van der Waals surface area contributed by atoms with Gasteiger partial charge in [-0.15, -0.1) is 11.3 Å². The summed E-state index contributed by atoms with van der Waals surface area (Å²) in [5.41, 5.74) is 3.35. The molecule has 6 nitrogen and oxygen atoms in total. The summed E-state index contributed by atoms with van der Waals surface area (Å²) in [7, 11) is -3.61. The normalized spacial score (nSPS) is 17.4. The van der Waals surface area contributed by atoms with Crippen LogP contribution in [0.4, 0.5) is 0 Å². The summed E-state index contributed by atoms with van der Waals surface area (Å²) in [6.07, 6.45) is 2.45. The number of carboxylic acids is 1. The van der Waals surface area contributed by atoms with Crippen LogP contribution in [0.5, 0.6) is 0 Å². The number of sulfonamides is 1. The van der Waals surface area contributed by atoms with Crippen LogP contribution in [0.15, 0.2) is 34.8 Å². The van der Waals surface area contributed by atoms with Gasteiger partial charge in [0.2, 0.25) is 10.0 Å². The lowest BCUT2D eigenvalue weighted by atomic mass is 10.1. The van der Waals surface area contributed by atoms with E-state index in [0.717, 1.165) is 16.0 Å². The smallest absolute Gasteiger partial charge is 0.307 e. The molecule has 1 aliphatic rings. The lowest BCUT2D eigenvalue weighted by Gasteiger charge is -2.07. The van der Waals surface area contributed by atoms with Gasteiger partial charge < -0.3 is 5.11 Å². The number of hydrogen-bond acceptors (Lipinski definition) is 5. The molecular formula is C14H14N2O4S2. The highest BCUT2D eigenvalue weighted by molar-refractivity contribution is 7.89. The molecule has 0 spiro atoms. The van der Waals surface area contributed by atoms with Crippen molar-refractivity contribution in [2.24, 2.45) is 5.92 Å². The Labute approximate surface area is 131 Å². The van der Waals surface area contributed by atoms with Crippen molar-refractivity contribution in [3.8, 4) is 0 Å². The van der Waals surface area contributed by atoms with Gasteiger partial charge in [-0.2, -0.15) is 0 Å². The minimum atomic E-state index is -3.61. The molecule has 0 radical (unpaired) electrons. The van der Waals surface area contributed by atoms with Crippen LogP contribution in [0.1, 0.15) is 16.0 Å². The van der Waals surface area contributed by atoms with Crippen molar-refractivity contribution in [3.05, 3.63) is 45.9 Å². The summed E-state index contributed by atoms with van der Waals surface area (Å²) in [4.78, 5) is 15.9. The van der Waals surface area contributed by atoms with Crippen molar-refractivity contribution in [2.45, 2.75) is 24.3 Å². The molecule has 1 unspecified atom stereocenters. The van der Waals surface area contributed by atoms with Gasteiger partial charge in [-0.25, -0.2) is 13.1 Å². The molecule has 1 atom stereocenters. The molecule has 3 rings (SSSR count). The molecule has 0 bridgehead atoms. The van der Waals surface area contributed by atoms with E-state index in [0.29, 0.717) is 12.8 Å². The van der Waals surface area contributed by atoms with Crippen molar-refractivity contribution in [3.63, 3.8) is 0 Å². The Kier molecular flexibility index (Phi) is 3.98. The predicted octanol–water partition coefficient (Wildman–Crippen LogP) is 1.42. The zero-order valence-corrected chi connectivity index (χ0v) is 13.2. The summed E-state index contributed by atoms with van der Waals surface area (Å²) in [5.74, 6) is -1.30. The quantitative estimate of drug-likeness (QED) is 0.859. The summed E-state index contributed by atoms with van der Waals surface area (Å²) in [6, 6.07) is 4.81. The van der Waals surface area contributed by atoms with Crippen molar-refractivity contribution in [1.82, 2.24) is 9.71 Å². The first kappa shape index (κ1) is 15.1. The number of fused-ring (bicyclic) bond motifs is 1. The molecule has 1 aliphatic carbocycles. The van der Waals surface area contributed by atoms with E-state index in [1.165, 1.54) is 17.4 Å². The number of carboxylic acid groups (broad SMARTS) is 1. The number of thiazole rings is 1. The molecule has 116 valence electrons. The van der Waals surface area contributed by atoms with Crippen molar-refractivity contribution < 1.29 is 18.3 Å². The summed E-state index contributed by atoms with van der Waals surface area (Å²) < 4.78 is 27.1. The van der Waals surface area contributed by atoms with Crippen LogP contribution in [-0.4, -0.2) is 24.5 Å². The monoisotopic (exact) mass is 338 g/mol. The van der Waals surface area contributed by atoms with Crippen molar-refractivity contribution in [2.75, 3.05) is 0 Å². The lowest BCUT2D eigenvalue weighted by Crippen LogP contribution is -2.23. The van der Waals surface area contributed by atoms with Gasteiger partial charge in [0.15, 0.2) is 0 Å². The zero-order chi connectivity index (χ0) is 15.7. The average molecular weight is 338 g/mol. The first-order valence-electron chi connectivity index (χ1n) is 6.67. The fraction of sp³-hybridized carbons (Fsp3) is 0.286. The number of aromatic nitrogens is 1. The van der Waals surface area contributed by atoms with E-state index in [1.54, 1.807) is 23.8 Å². The summed E-state index contributed by atoms with van der Waals surface area (Å²) in [6.45, 7) is 0.196. The third-order valence-electron chi connectivity index (χ3n) is 3.69. The van der Waals surface area contributed by atoms with Gasteiger partial charge in [0, 0.05) is 17.6 Å². The standard InChI is InChI=1S/C14H14N2O4S2/c17-14(18)11-3-9-1-2-13(5-10(9)4-11)22(19,20)16-7-12-6-15-8-21-12/h1-2,5-6,8,11,16H,3-4,7H2,(H,17,18). The number of carbonyl (C=O) groups is 1. The second-order valence-electron chi connectivity index (χ2n) is 5.17. The van der Waals surface area contributed by atoms with E-state index in [-0.39, 0.29) is 11.4 Å². The Morgan fingerprint density at radius 3 is 2.82 bits per heavy atom. The molecule has 2 aromatic rings. The topological polar surface area (TPSA) is 96.4 Å². The Bertz CT molecular complexity index is 800. The fourth-order valence-electron chi connectivity index (χ4n) is 2.52. The van der Waals surface area contributed by atoms with E-state index in [9.17, 15) is 13.2 Å². The molecule has 22 heavy (non-hydrogen) atoms. The van der Waals surface area contributed by atoms with Crippen molar-refractivity contribution in [1.29, 1.82) is 0 Å². The molecule has 8 heteroatoms. The highest BCUT2D eigenvalue weighted by Gasteiger charge is 2.28. The maximum atomic E-state index is 12.3. The van der Waals surface area contributed by atoms with Crippen LogP contribution in [0.3, 0.4) is 0 Å². The SMILES string of the molecule is O=C(O)C1Cc2ccc(S(=O)(=O)NCc3cncs3)cc2C1. The van der Waals surface area contributed by atoms with Gasteiger partial charge >= 0.3 is 5.97 Å². The number of aliphatic carboxylic acids is 1. The zero-order valence-electron chi connectivity index (χ0n) is 11.5. The first-order valence-corrected chi connectivity index (χ1v) is 9.03. The highest BCUT2D eigenvalue weighted by atomic mass is 32.2. The van der Waals surface area contributed by atoms with Crippen LogP contribution in [-0.2, 0) is 34.2 Å². The maximum absolute atomic E-state index is 12.3. The van der Waals surface area contributed by atoms with Crippen molar-refractivity contribution >= 4 is 27.3 Å². The molecule has 0 aliphatic heterocycles. The molecule has 0 amide bonds. The highest BCUT2D eigenvalue weighted by Crippen LogP contribution is 2.29. The van der Waals surface area contributed by atoms with Crippen LogP contribution >= 0.6 is 11.3 Å². The molecule has 0 fully saturated rings. The van der Waals surface area contributed by atoms with Crippen LogP contribution < -0.4 is 4.72 Å². The summed E-state index contributed by atoms with van der Waals surface area (Å²) >= 11 is 1.38. The first-order chi connectivity index (χ1) is 10.5. The minimum Gasteiger partial charge on any atom is -0.481 e. The van der Waals surface area contributed by atoms with Crippen LogP contribution in [0.25, 0.3) is 0 Å². The molecule has 0 saturated carbocycles. The van der Waals surface area contributed by atoms with E-state index < -0.39 is 21.9 Å². The van der Waals surface area contributed by atoms with Gasteiger partial charge in [0.25, 0.3) is 0 Å². The lowest BCUT2D eigenvalue weighted by molar-refractivity contribution is -0.141. The maximum Gasteiger partial charge on any atom is 0.307 e. The van der Waals surface area contributed by atoms with Gasteiger partial charge in [-0.3, -0.25) is 9.78 Å². The number of nitrogens with zero attached hydrogens (tertiary/aromatic N) is 1. The number of nitrogens with one attached hydrogen (secondary N) is 1. The predicted molar refractivity (Wildman–Crippen MR) is 81.1 cm³/mol. The third kappa shape index (κ3) is 3.03. The average Bonchev–Trinajstić information content (AvgIpc) is 3.13. The second kappa shape index (κ2) is 5.79. The Morgan fingerprint density at radius 1 is 1.36 bits per heavy atom. The van der Waals surface area contributed by atoms with Gasteiger partial charge in [-0.05, 0) is 36.1 Å². The summed E-state index contributed by atoms with van der Waals surface area (Å²) in [5, 5.41) is 9.07. The van der Waals surface area contributed by atoms with E-state index in [1.807, 2.05) is 0 Å². The third-order valence-corrected chi connectivity index (χ3v) is 5.87. The van der Waals surface area contributed by atoms with Crippen LogP contribution in [0.2, 0.25) is 0 Å². The fourth-order valence-corrected chi connectivity index (χ4v) is 4.20. The Morgan fingerprint density at radius 2 is 2.14 bits per heavy atom. The van der Waals surface area contributed by atoms with E-state index in [2.05, 4.69) is 9.71 Å². The van der Waals surface area contributed by atoms with Crippen LogP contribution in [0, 0.1) is 5.92 Å². The van der Waals surface area contributed by atoms with Gasteiger partial charge in [-0.1, -0.05) is 6.07 Å². The number of rotatable bonds is 5. The second-order valence-corrected chi connectivity index (χ2v) is 7.90. The molecule has 1 heterocycles.